The second-order valence-electron chi connectivity index (χ2n) is 8.70. The third kappa shape index (κ3) is 3.09. The summed E-state index contributed by atoms with van der Waals surface area (Å²) in [6, 6.07) is 0. The molecule has 0 aromatic rings. The van der Waals surface area contributed by atoms with Gasteiger partial charge in [-0.15, -0.1) is 0 Å². The highest BCUT2D eigenvalue weighted by molar-refractivity contribution is 5.67. The molecule has 140 valence electrons. The Balaban J connectivity index is 1.62. The van der Waals surface area contributed by atoms with Crippen LogP contribution >= 0.6 is 0 Å². The highest BCUT2D eigenvalue weighted by atomic mass is 16.6. The van der Waals surface area contributed by atoms with Gasteiger partial charge < -0.3 is 14.2 Å². The molecule has 7 atom stereocenters. The van der Waals surface area contributed by atoms with Gasteiger partial charge in [-0.3, -0.25) is 9.59 Å². The van der Waals surface area contributed by atoms with Crippen molar-refractivity contribution in [2.45, 2.75) is 83.0 Å². The molecule has 7 unspecified atom stereocenters. The summed E-state index contributed by atoms with van der Waals surface area (Å²) in [5, 5.41) is 0. The van der Waals surface area contributed by atoms with Crippen LogP contribution in [-0.2, 0) is 23.8 Å². The van der Waals surface area contributed by atoms with Gasteiger partial charge in [0.15, 0.2) is 5.60 Å². The Morgan fingerprint density at radius 3 is 2.48 bits per heavy atom. The summed E-state index contributed by atoms with van der Waals surface area (Å²) in [6.45, 7) is 3.56. The van der Waals surface area contributed by atoms with Gasteiger partial charge in [0.05, 0.1) is 6.61 Å². The first-order valence-corrected chi connectivity index (χ1v) is 9.96. The van der Waals surface area contributed by atoms with Crippen LogP contribution in [0.3, 0.4) is 0 Å². The number of carbonyl (C=O) groups is 2. The van der Waals surface area contributed by atoms with Gasteiger partial charge in [-0.2, -0.15) is 0 Å². The van der Waals surface area contributed by atoms with E-state index in [9.17, 15) is 9.59 Å². The molecule has 3 saturated carbocycles. The quantitative estimate of drug-likeness (QED) is 0.716. The van der Waals surface area contributed by atoms with Crippen LogP contribution in [0.4, 0.5) is 0 Å². The molecular weight excluding hydrogens is 320 g/mol. The van der Waals surface area contributed by atoms with Crippen LogP contribution in [0.25, 0.3) is 0 Å². The molecule has 1 aliphatic heterocycles. The second kappa shape index (κ2) is 6.57. The van der Waals surface area contributed by atoms with E-state index in [1.54, 1.807) is 0 Å². The van der Waals surface area contributed by atoms with Crippen LogP contribution in [0, 0.1) is 23.7 Å². The Labute approximate surface area is 149 Å². The standard InChI is InChI=1S/C20H30O5/c1-12(21)24-18-10-15-6-7-19-20(11-23-19,25-13(2)22)17(15)9-14-4-3-5-16(18)8-14/h14-19H,3-11H2,1-2H3. The summed E-state index contributed by atoms with van der Waals surface area (Å²) >= 11 is 0. The molecule has 4 rings (SSSR count). The minimum absolute atomic E-state index is 0.0278. The van der Waals surface area contributed by atoms with E-state index in [2.05, 4.69) is 0 Å². The van der Waals surface area contributed by atoms with Gasteiger partial charge >= 0.3 is 11.9 Å². The van der Waals surface area contributed by atoms with Crippen LogP contribution in [0.15, 0.2) is 0 Å². The van der Waals surface area contributed by atoms with Gasteiger partial charge in [-0.05, 0) is 56.3 Å². The summed E-state index contributed by atoms with van der Waals surface area (Å²) in [7, 11) is 0. The lowest BCUT2D eigenvalue weighted by atomic mass is 9.57. The molecule has 1 saturated heterocycles. The predicted molar refractivity (Wildman–Crippen MR) is 90.7 cm³/mol. The molecule has 25 heavy (non-hydrogen) atoms. The van der Waals surface area contributed by atoms with E-state index in [0.717, 1.165) is 32.1 Å². The third-order valence-corrected chi connectivity index (χ3v) is 7.17. The van der Waals surface area contributed by atoms with Crippen molar-refractivity contribution < 1.29 is 23.8 Å². The lowest BCUT2D eigenvalue weighted by Gasteiger charge is -2.59. The van der Waals surface area contributed by atoms with Crippen molar-refractivity contribution in [2.75, 3.05) is 6.61 Å². The third-order valence-electron chi connectivity index (χ3n) is 7.17. The number of fused-ring (bicyclic) bond motifs is 5. The van der Waals surface area contributed by atoms with Crippen LogP contribution in [-0.4, -0.2) is 36.4 Å². The summed E-state index contributed by atoms with van der Waals surface area (Å²) in [4.78, 5) is 23.5. The Morgan fingerprint density at radius 2 is 1.80 bits per heavy atom. The highest BCUT2D eigenvalue weighted by Crippen LogP contribution is 2.55. The average Bonchev–Trinajstić information content (AvgIpc) is 2.53. The van der Waals surface area contributed by atoms with E-state index in [0.29, 0.717) is 30.3 Å². The number of carbonyl (C=O) groups excluding carboxylic acids is 2. The fraction of sp³-hybridized carbons (Fsp3) is 0.900. The minimum Gasteiger partial charge on any atom is -0.462 e. The van der Waals surface area contributed by atoms with Crippen molar-refractivity contribution in [1.29, 1.82) is 0 Å². The molecule has 0 N–H and O–H groups in total. The lowest BCUT2D eigenvalue weighted by molar-refractivity contribution is -0.300. The van der Waals surface area contributed by atoms with Crippen LogP contribution in [0.1, 0.15) is 65.2 Å². The van der Waals surface area contributed by atoms with E-state index in [4.69, 9.17) is 14.2 Å². The maximum Gasteiger partial charge on any atom is 0.303 e. The minimum atomic E-state index is -0.431. The topological polar surface area (TPSA) is 61.8 Å². The largest absolute Gasteiger partial charge is 0.462 e. The first-order valence-electron chi connectivity index (χ1n) is 9.96. The maximum atomic E-state index is 11.8. The maximum absolute atomic E-state index is 11.8. The summed E-state index contributed by atoms with van der Waals surface area (Å²) < 4.78 is 17.5. The Kier molecular flexibility index (Phi) is 4.55. The molecule has 0 aromatic carbocycles. The van der Waals surface area contributed by atoms with Crippen molar-refractivity contribution in [2.24, 2.45) is 23.7 Å². The number of hydrogen-bond donors (Lipinski definition) is 0. The van der Waals surface area contributed by atoms with Crippen molar-refractivity contribution >= 4 is 11.9 Å². The molecular formula is C20H30O5. The van der Waals surface area contributed by atoms with E-state index >= 15 is 0 Å². The van der Waals surface area contributed by atoms with E-state index in [1.807, 2.05) is 0 Å². The van der Waals surface area contributed by atoms with E-state index in [-0.39, 0.29) is 24.1 Å². The predicted octanol–water partition coefficient (Wildman–Crippen LogP) is 3.25. The number of ether oxygens (including phenoxy) is 3. The first kappa shape index (κ1) is 17.3. The van der Waals surface area contributed by atoms with Gasteiger partial charge in [0.2, 0.25) is 0 Å². The first-order chi connectivity index (χ1) is 12.0. The SMILES string of the molecule is CC(=O)OC1CC2CCC3OCC3(OC(C)=O)C2CC2CCCC1C2. The average molecular weight is 350 g/mol. The molecule has 0 spiro atoms. The lowest BCUT2D eigenvalue weighted by Crippen LogP contribution is -2.69. The molecule has 3 aliphatic carbocycles. The fourth-order valence-electron chi connectivity index (χ4n) is 6.21. The van der Waals surface area contributed by atoms with E-state index in [1.165, 1.54) is 33.1 Å². The second-order valence-corrected chi connectivity index (χ2v) is 8.70. The zero-order valence-electron chi connectivity index (χ0n) is 15.4. The summed E-state index contributed by atoms with van der Waals surface area (Å²) in [5.74, 6) is 1.58. The molecule has 4 aliphatic rings. The van der Waals surface area contributed by atoms with Gasteiger partial charge in [0, 0.05) is 19.8 Å². The molecule has 5 nitrogen and oxygen atoms in total. The van der Waals surface area contributed by atoms with Crippen LogP contribution < -0.4 is 0 Å². The Bertz CT molecular complexity index is 546. The molecule has 2 bridgehead atoms. The van der Waals surface area contributed by atoms with Gasteiger partial charge in [-0.25, -0.2) is 0 Å². The van der Waals surface area contributed by atoms with Gasteiger partial charge in [0.1, 0.15) is 12.2 Å². The summed E-state index contributed by atoms with van der Waals surface area (Å²) in [6.07, 6.45) is 8.92. The number of esters is 2. The highest BCUT2D eigenvalue weighted by Gasteiger charge is 2.62. The molecule has 4 fully saturated rings. The normalized spacial score (nSPS) is 45.7. The number of hydrogen-bond acceptors (Lipinski definition) is 5. The molecule has 0 aromatic heterocycles. The van der Waals surface area contributed by atoms with Crippen molar-refractivity contribution in [1.82, 2.24) is 0 Å². The van der Waals surface area contributed by atoms with E-state index < -0.39 is 5.60 Å². The smallest absolute Gasteiger partial charge is 0.303 e. The van der Waals surface area contributed by atoms with Gasteiger partial charge in [0.25, 0.3) is 0 Å². The summed E-state index contributed by atoms with van der Waals surface area (Å²) in [5.41, 5.74) is -0.431. The van der Waals surface area contributed by atoms with Crippen molar-refractivity contribution in [3.63, 3.8) is 0 Å². The zero-order valence-corrected chi connectivity index (χ0v) is 15.4. The molecule has 5 heteroatoms. The Morgan fingerprint density at radius 1 is 0.960 bits per heavy atom. The van der Waals surface area contributed by atoms with Crippen molar-refractivity contribution in [3.05, 3.63) is 0 Å². The molecule has 0 amide bonds. The Hall–Kier alpha value is -1.10. The van der Waals surface area contributed by atoms with Crippen molar-refractivity contribution in [3.8, 4) is 0 Å². The van der Waals surface area contributed by atoms with Crippen LogP contribution in [0.2, 0.25) is 0 Å². The zero-order chi connectivity index (χ0) is 17.6. The molecule has 0 radical (unpaired) electrons. The van der Waals surface area contributed by atoms with Gasteiger partial charge in [-0.1, -0.05) is 12.8 Å². The molecule has 1 heterocycles. The number of rotatable bonds is 2. The monoisotopic (exact) mass is 350 g/mol. The fourth-order valence-corrected chi connectivity index (χ4v) is 6.21. The van der Waals surface area contributed by atoms with Crippen LogP contribution in [0.5, 0.6) is 0 Å².